The quantitative estimate of drug-likeness (QED) is 0.474. The molecule has 4 amide bonds. The van der Waals surface area contributed by atoms with Crippen LogP contribution < -0.4 is 15.0 Å². The molecule has 0 bridgehead atoms. The van der Waals surface area contributed by atoms with E-state index in [0.29, 0.717) is 30.9 Å². The van der Waals surface area contributed by atoms with E-state index >= 15 is 0 Å². The van der Waals surface area contributed by atoms with Crippen molar-refractivity contribution in [3.8, 4) is 5.75 Å². The lowest BCUT2D eigenvalue weighted by atomic mass is 10.1. The van der Waals surface area contributed by atoms with E-state index in [2.05, 4.69) is 5.32 Å². The Morgan fingerprint density at radius 2 is 1.90 bits per heavy atom. The van der Waals surface area contributed by atoms with Gasteiger partial charge in [0.2, 0.25) is 5.91 Å². The number of halogens is 4. The van der Waals surface area contributed by atoms with E-state index in [9.17, 15) is 27.6 Å². The smallest absolute Gasteiger partial charge is 0.422 e. The first-order valence-electron chi connectivity index (χ1n) is 12.6. The van der Waals surface area contributed by atoms with Gasteiger partial charge in [-0.25, -0.2) is 4.79 Å². The van der Waals surface area contributed by atoms with Crippen molar-refractivity contribution >= 4 is 35.1 Å². The number of fused-ring (bicyclic) bond motifs is 1. The van der Waals surface area contributed by atoms with Gasteiger partial charge >= 0.3 is 12.2 Å². The maximum absolute atomic E-state index is 13.6. The minimum atomic E-state index is -4.52. The molecule has 2 aromatic carbocycles. The summed E-state index contributed by atoms with van der Waals surface area (Å²) in [6.45, 7) is 3.48. The molecule has 1 aliphatic rings. The molecule has 1 aliphatic heterocycles. The first-order chi connectivity index (χ1) is 18.9. The fourth-order valence-electron chi connectivity index (χ4n) is 4.27. The number of carbonyl (C=O) groups excluding carboxylic acids is 3. The highest BCUT2D eigenvalue weighted by atomic mass is 35.5. The van der Waals surface area contributed by atoms with Crippen LogP contribution in [0.5, 0.6) is 5.75 Å². The summed E-state index contributed by atoms with van der Waals surface area (Å²) in [5.74, 6) is -0.851. The molecule has 0 radical (unpaired) electrons. The summed E-state index contributed by atoms with van der Waals surface area (Å²) in [5.41, 5.74) is 1.33. The third-order valence-electron chi connectivity index (χ3n) is 6.37. The van der Waals surface area contributed by atoms with Crippen molar-refractivity contribution in [3.05, 3.63) is 58.6 Å². The van der Waals surface area contributed by atoms with Gasteiger partial charge < -0.3 is 29.5 Å². The van der Waals surface area contributed by atoms with E-state index in [0.717, 1.165) is 6.07 Å². The number of para-hydroxylation sites is 1. The van der Waals surface area contributed by atoms with Crippen LogP contribution >= 0.6 is 11.6 Å². The SMILES string of the molecule is CCN(CCOC)C(=O)CNC(=O)N1Cc2ccccc2N(C(=O)c2ccc(OCC(F)(F)F)cc2Cl)C[C@H]1C. The Bertz CT molecular complexity index is 1210. The monoisotopic (exact) mass is 584 g/mol. The van der Waals surface area contributed by atoms with Gasteiger partial charge in [-0.15, -0.1) is 0 Å². The normalized spacial score (nSPS) is 15.2. The molecule has 1 N–H and O–H groups in total. The highest BCUT2D eigenvalue weighted by molar-refractivity contribution is 6.34. The van der Waals surface area contributed by atoms with Crippen molar-refractivity contribution in [3.63, 3.8) is 0 Å². The Balaban J connectivity index is 1.77. The van der Waals surface area contributed by atoms with Crippen molar-refractivity contribution in [2.75, 3.05) is 51.4 Å². The maximum atomic E-state index is 13.6. The molecule has 1 heterocycles. The molecule has 0 saturated heterocycles. The minimum Gasteiger partial charge on any atom is -0.484 e. The van der Waals surface area contributed by atoms with Gasteiger partial charge in [0.05, 0.1) is 23.7 Å². The number of nitrogens with zero attached hydrogens (tertiary/aromatic N) is 3. The highest BCUT2D eigenvalue weighted by Gasteiger charge is 2.33. The first-order valence-corrected chi connectivity index (χ1v) is 13.0. The maximum Gasteiger partial charge on any atom is 0.422 e. The third-order valence-corrected chi connectivity index (χ3v) is 6.68. The van der Waals surface area contributed by atoms with Crippen molar-refractivity contribution in [1.29, 1.82) is 0 Å². The molecule has 40 heavy (non-hydrogen) atoms. The lowest BCUT2D eigenvalue weighted by Gasteiger charge is -2.30. The Kier molecular flexibility index (Phi) is 10.6. The van der Waals surface area contributed by atoms with Crippen LogP contribution in [-0.4, -0.2) is 86.4 Å². The topological polar surface area (TPSA) is 91.4 Å². The lowest BCUT2D eigenvalue weighted by molar-refractivity contribution is -0.153. The largest absolute Gasteiger partial charge is 0.484 e. The number of hydrogen-bond donors (Lipinski definition) is 1. The summed E-state index contributed by atoms with van der Waals surface area (Å²) in [7, 11) is 1.54. The average molecular weight is 585 g/mol. The Labute approximate surface area is 235 Å². The van der Waals surface area contributed by atoms with Crippen molar-refractivity contribution in [2.24, 2.45) is 0 Å². The van der Waals surface area contributed by atoms with Crippen LogP contribution in [0, 0.1) is 0 Å². The number of rotatable bonds is 9. The zero-order valence-electron chi connectivity index (χ0n) is 22.5. The standard InChI is InChI=1S/C27H32ClF3N4O5/c1-4-33(11-12-39-3)24(36)14-32-26(38)34-16-19-7-5-6-8-23(19)35(15-18(34)2)25(37)21-10-9-20(13-22(21)28)40-17-27(29,30)31/h5-10,13,18H,4,11-12,14-17H2,1-3H3,(H,32,38)/t18-/m1/s1. The predicted octanol–water partition coefficient (Wildman–Crippen LogP) is 4.34. The number of hydrogen-bond acceptors (Lipinski definition) is 5. The van der Waals surface area contributed by atoms with Crippen molar-refractivity contribution < 1.29 is 37.0 Å². The lowest BCUT2D eigenvalue weighted by Crippen LogP contribution is -2.50. The van der Waals surface area contributed by atoms with Crippen molar-refractivity contribution in [2.45, 2.75) is 32.6 Å². The summed E-state index contributed by atoms with van der Waals surface area (Å²) < 4.78 is 47.3. The molecule has 0 aromatic heterocycles. The van der Waals surface area contributed by atoms with E-state index in [1.54, 1.807) is 48.1 Å². The fourth-order valence-corrected chi connectivity index (χ4v) is 4.52. The van der Waals surface area contributed by atoms with Crippen LogP contribution in [0.1, 0.15) is 29.8 Å². The summed E-state index contributed by atoms with van der Waals surface area (Å²) in [4.78, 5) is 44.0. The second kappa shape index (κ2) is 13.7. The number of likely N-dealkylation sites (N-methyl/N-ethyl adjacent to an activating group) is 1. The van der Waals surface area contributed by atoms with Crippen LogP contribution in [0.15, 0.2) is 42.5 Å². The molecule has 9 nitrogen and oxygen atoms in total. The molecule has 0 aliphatic carbocycles. The Hall–Kier alpha value is -3.51. The number of nitrogens with one attached hydrogen (secondary N) is 1. The zero-order valence-corrected chi connectivity index (χ0v) is 23.2. The Morgan fingerprint density at radius 1 is 1.18 bits per heavy atom. The third kappa shape index (κ3) is 8.01. The van der Waals surface area contributed by atoms with Gasteiger partial charge in [0.15, 0.2) is 6.61 Å². The van der Waals surface area contributed by atoms with Crippen LogP contribution in [0.2, 0.25) is 5.02 Å². The van der Waals surface area contributed by atoms with Gasteiger partial charge in [0, 0.05) is 45.0 Å². The molecule has 3 rings (SSSR count). The van der Waals surface area contributed by atoms with Gasteiger partial charge in [0.1, 0.15) is 5.75 Å². The van der Waals surface area contributed by atoms with Crippen LogP contribution in [0.25, 0.3) is 0 Å². The summed E-state index contributed by atoms with van der Waals surface area (Å²) in [5, 5.41) is 2.61. The van der Waals surface area contributed by atoms with Crippen LogP contribution in [0.4, 0.5) is 23.7 Å². The molecule has 2 aromatic rings. The number of alkyl halides is 3. The number of carbonyl (C=O) groups is 3. The summed E-state index contributed by atoms with van der Waals surface area (Å²) in [6, 6.07) is 9.88. The van der Waals surface area contributed by atoms with Gasteiger partial charge in [-0.05, 0) is 43.7 Å². The van der Waals surface area contributed by atoms with E-state index in [-0.39, 0.29) is 41.9 Å². The second-order valence-corrected chi connectivity index (χ2v) is 9.60. The van der Waals surface area contributed by atoms with Crippen LogP contribution in [-0.2, 0) is 16.1 Å². The number of anilines is 1. The van der Waals surface area contributed by atoms with Gasteiger partial charge in [-0.1, -0.05) is 29.8 Å². The molecule has 13 heteroatoms. The van der Waals surface area contributed by atoms with Gasteiger partial charge in [-0.3, -0.25) is 9.59 Å². The Morgan fingerprint density at radius 3 is 2.55 bits per heavy atom. The predicted molar refractivity (Wildman–Crippen MR) is 144 cm³/mol. The van der Waals surface area contributed by atoms with E-state index in [4.69, 9.17) is 21.1 Å². The van der Waals surface area contributed by atoms with Crippen molar-refractivity contribution in [1.82, 2.24) is 15.1 Å². The molecule has 0 spiro atoms. The number of ether oxygens (including phenoxy) is 2. The molecule has 218 valence electrons. The number of urea groups is 1. The summed E-state index contributed by atoms with van der Waals surface area (Å²) in [6.07, 6.45) is -4.52. The molecule has 1 atom stereocenters. The van der Waals surface area contributed by atoms with Gasteiger partial charge in [-0.2, -0.15) is 13.2 Å². The second-order valence-electron chi connectivity index (χ2n) is 9.19. The molecule has 0 fully saturated rings. The number of methoxy groups -OCH3 is 1. The zero-order chi connectivity index (χ0) is 29.4. The van der Waals surface area contributed by atoms with Gasteiger partial charge in [0.25, 0.3) is 5.91 Å². The first kappa shape index (κ1) is 31.0. The average Bonchev–Trinajstić information content (AvgIpc) is 3.06. The summed E-state index contributed by atoms with van der Waals surface area (Å²) >= 11 is 6.29. The van der Waals surface area contributed by atoms with E-state index in [1.807, 2.05) is 6.92 Å². The molecular formula is C27H32ClF3N4O5. The fraction of sp³-hybridized carbons (Fsp3) is 0.444. The number of benzene rings is 2. The highest BCUT2D eigenvalue weighted by Crippen LogP contribution is 2.31. The number of amides is 4. The molecule has 0 saturated carbocycles. The minimum absolute atomic E-state index is 0.0684. The molecule has 0 unspecified atom stereocenters. The van der Waals surface area contributed by atoms with Crippen LogP contribution in [0.3, 0.4) is 0 Å². The van der Waals surface area contributed by atoms with E-state index < -0.39 is 30.8 Å². The van der Waals surface area contributed by atoms with E-state index in [1.165, 1.54) is 17.0 Å². The molecular weight excluding hydrogens is 553 g/mol.